The lowest BCUT2D eigenvalue weighted by molar-refractivity contribution is -0.0620. The zero-order chi connectivity index (χ0) is 9.64. The predicted molar refractivity (Wildman–Crippen MR) is 54.6 cm³/mol. The van der Waals surface area contributed by atoms with Gasteiger partial charge in [0.25, 0.3) is 0 Å². The maximum Gasteiger partial charge on any atom is 0.0637 e. The topological polar surface area (TPSA) is 9.23 Å². The van der Waals surface area contributed by atoms with Gasteiger partial charge in [-0.25, -0.2) is 0 Å². The van der Waals surface area contributed by atoms with Crippen LogP contribution in [0, 0.1) is 17.3 Å². The van der Waals surface area contributed by atoms with Gasteiger partial charge in [-0.05, 0) is 50.4 Å². The van der Waals surface area contributed by atoms with E-state index in [-0.39, 0.29) is 0 Å². The third kappa shape index (κ3) is 1.32. The fourth-order valence-corrected chi connectivity index (χ4v) is 3.37. The van der Waals surface area contributed by atoms with Crippen LogP contribution in [0.1, 0.15) is 47.0 Å². The van der Waals surface area contributed by atoms with Crippen molar-refractivity contribution in [3.05, 3.63) is 0 Å². The van der Waals surface area contributed by atoms with E-state index in [0.29, 0.717) is 17.6 Å². The summed E-state index contributed by atoms with van der Waals surface area (Å²) in [4.78, 5) is 0. The highest BCUT2D eigenvalue weighted by Gasteiger charge is 2.54. The van der Waals surface area contributed by atoms with Crippen molar-refractivity contribution in [3.8, 4) is 0 Å². The Hall–Kier alpha value is -0.0400. The van der Waals surface area contributed by atoms with E-state index in [0.717, 1.165) is 11.8 Å². The minimum absolute atomic E-state index is 0.397. The maximum atomic E-state index is 6.02. The van der Waals surface area contributed by atoms with E-state index in [9.17, 15) is 0 Å². The Morgan fingerprint density at radius 3 is 2.46 bits per heavy atom. The lowest BCUT2D eigenvalue weighted by Gasteiger charge is -2.34. The normalized spacial score (nSPS) is 49.2. The third-order valence-electron chi connectivity index (χ3n) is 4.49. The molecule has 0 radical (unpaired) electrons. The summed E-state index contributed by atoms with van der Waals surface area (Å²) in [5.41, 5.74) is 0.495. The van der Waals surface area contributed by atoms with Crippen LogP contribution in [0.25, 0.3) is 0 Å². The van der Waals surface area contributed by atoms with E-state index in [1.165, 1.54) is 19.3 Å². The first kappa shape index (κ1) is 9.51. The second-order valence-corrected chi connectivity index (χ2v) is 5.50. The summed E-state index contributed by atoms with van der Waals surface area (Å²) in [6.45, 7) is 9.15. The van der Waals surface area contributed by atoms with Crippen molar-refractivity contribution >= 4 is 0 Å². The van der Waals surface area contributed by atoms with Gasteiger partial charge in [-0.1, -0.05) is 13.8 Å². The molecule has 0 amide bonds. The average molecular weight is 182 g/mol. The molecule has 0 N–H and O–H groups in total. The van der Waals surface area contributed by atoms with Gasteiger partial charge in [-0.15, -0.1) is 0 Å². The standard InChI is InChI=1S/C12H22O/c1-8(2)13-11-7-10-5-6-12(11,4)9(10)3/h8-11H,5-7H2,1-4H3. The van der Waals surface area contributed by atoms with Gasteiger partial charge in [-0.3, -0.25) is 0 Å². The van der Waals surface area contributed by atoms with Gasteiger partial charge in [0.15, 0.2) is 0 Å². The molecule has 2 aliphatic rings. The molecule has 76 valence electrons. The molecule has 0 aromatic heterocycles. The van der Waals surface area contributed by atoms with E-state index >= 15 is 0 Å². The van der Waals surface area contributed by atoms with E-state index in [1.807, 2.05) is 0 Å². The first-order valence-corrected chi connectivity index (χ1v) is 5.69. The SMILES string of the molecule is CC(C)OC1CC2CCC1(C)C2C. The average Bonchev–Trinajstić information content (AvgIpc) is 2.41. The highest BCUT2D eigenvalue weighted by Crippen LogP contribution is 2.59. The second-order valence-electron chi connectivity index (χ2n) is 5.50. The van der Waals surface area contributed by atoms with Crippen LogP contribution in [0.2, 0.25) is 0 Å². The molecule has 2 rings (SSSR count). The predicted octanol–water partition coefficient (Wildman–Crippen LogP) is 3.24. The van der Waals surface area contributed by atoms with Crippen LogP contribution in [0.15, 0.2) is 0 Å². The van der Waals surface area contributed by atoms with Gasteiger partial charge in [0.1, 0.15) is 0 Å². The van der Waals surface area contributed by atoms with E-state index in [2.05, 4.69) is 27.7 Å². The molecule has 2 aliphatic carbocycles. The van der Waals surface area contributed by atoms with Crippen LogP contribution in [0.3, 0.4) is 0 Å². The summed E-state index contributed by atoms with van der Waals surface area (Å²) >= 11 is 0. The number of hydrogen-bond donors (Lipinski definition) is 0. The van der Waals surface area contributed by atoms with Crippen molar-refractivity contribution in [2.45, 2.75) is 59.2 Å². The molecule has 1 nitrogen and oxygen atoms in total. The summed E-state index contributed by atoms with van der Waals surface area (Å²) in [5.74, 6) is 1.84. The second kappa shape index (κ2) is 2.98. The van der Waals surface area contributed by atoms with Crippen molar-refractivity contribution < 1.29 is 4.74 Å². The Bertz CT molecular complexity index is 197. The van der Waals surface area contributed by atoms with E-state index < -0.39 is 0 Å². The minimum atomic E-state index is 0.397. The molecule has 2 saturated carbocycles. The van der Waals surface area contributed by atoms with Crippen LogP contribution in [0.4, 0.5) is 0 Å². The maximum absolute atomic E-state index is 6.02. The summed E-state index contributed by atoms with van der Waals surface area (Å²) in [6, 6.07) is 0. The van der Waals surface area contributed by atoms with Gasteiger partial charge in [0.2, 0.25) is 0 Å². The Morgan fingerprint density at radius 1 is 1.38 bits per heavy atom. The van der Waals surface area contributed by atoms with Crippen LogP contribution < -0.4 is 0 Å². The summed E-state index contributed by atoms with van der Waals surface area (Å²) in [6.07, 6.45) is 5.08. The lowest BCUT2D eigenvalue weighted by atomic mass is 9.80. The molecule has 4 unspecified atom stereocenters. The molecule has 0 aromatic carbocycles. The Labute approximate surface area is 81.9 Å². The Morgan fingerprint density at radius 2 is 2.08 bits per heavy atom. The first-order valence-electron chi connectivity index (χ1n) is 5.69. The van der Waals surface area contributed by atoms with Gasteiger partial charge < -0.3 is 4.74 Å². The quantitative estimate of drug-likeness (QED) is 0.637. The molecular weight excluding hydrogens is 160 g/mol. The van der Waals surface area contributed by atoms with E-state index in [1.54, 1.807) is 0 Å². The number of hydrogen-bond acceptors (Lipinski definition) is 1. The fourth-order valence-electron chi connectivity index (χ4n) is 3.37. The van der Waals surface area contributed by atoms with Gasteiger partial charge in [0, 0.05) is 0 Å². The molecule has 0 saturated heterocycles. The Kier molecular flexibility index (Phi) is 2.18. The number of ether oxygens (including phenoxy) is 1. The molecule has 0 aromatic rings. The molecule has 2 bridgehead atoms. The smallest absolute Gasteiger partial charge is 0.0637 e. The fraction of sp³-hybridized carbons (Fsp3) is 1.00. The Balaban J connectivity index is 2.08. The monoisotopic (exact) mass is 182 g/mol. The molecule has 13 heavy (non-hydrogen) atoms. The third-order valence-corrected chi connectivity index (χ3v) is 4.49. The van der Waals surface area contributed by atoms with Gasteiger partial charge >= 0.3 is 0 Å². The lowest BCUT2D eigenvalue weighted by Crippen LogP contribution is -2.34. The van der Waals surface area contributed by atoms with E-state index in [4.69, 9.17) is 4.74 Å². The molecule has 0 heterocycles. The highest BCUT2D eigenvalue weighted by atomic mass is 16.5. The molecule has 1 heteroatoms. The number of rotatable bonds is 2. The molecule has 0 spiro atoms. The molecule has 4 atom stereocenters. The van der Waals surface area contributed by atoms with Crippen molar-refractivity contribution in [2.75, 3.05) is 0 Å². The van der Waals surface area contributed by atoms with Gasteiger partial charge in [0.05, 0.1) is 12.2 Å². The van der Waals surface area contributed by atoms with Crippen molar-refractivity contribution in [2.24, 2.45) is 17.3 Å². The van der Waals surface area contributed by atoms with Crippen LogP contribution in [-0.2, 0) is 4.74 Å². The van der Waals surface area contributed by atoms with Crippen LogP contribution in [-0.4, -0.2) is 12.2 Å². The summed E-state index contributed by atoms with van der Waals surface area (Å²) in [7, 11) is 0. The van der Waals surface area contributed by atoms with Crippen molar-refractivity contribution in [1.82, 2.24) is 0 Å². The molecule has 2 fully saturated rings. The zero-order valence-electron chi connectivity index (χ0n) is 9.34. The van der Waals surface area contributed by atoms with Crippen molar-refractivity contribution in [1.29, 1.82) is 0 Å². The highest BCUT2D eigenvalue weighted by molar-refractivity contribution is 5.04. The van der Waals surface area contributed by atoms with Crippen LogP contribution in [0.5, 0.6) is 0 Å². The number of fused-ring (bicyclic) bond motifs is 2. The molecular formula is C12H22O. The van der Waals surface area contributed by atoms with Gasteiger partial charge in [-0.2, -0.15) is 0 Å². The summed E-state index contributed by atoms with van der Waals surface area (Å²) < 4.78 is 6.02. The largest absolute Gasteiger partial charge is 0.375 e. The zero-order valence-corrected chi connectivity index (χ0v) is 9.34. The first-order chi connectivity index (χ1) is 6.04. The minimum Gasteiger partial charge on any atom is -0.375 e. The summed E-state index contributed by atoms with van der Waals surface area (Å²) in [5, 5.41) is 0. The molecule has 0 aliphatic heterocycles. The van der Waals surface area contributed by atoms with Crippen molar-refractivity contribution in [3.63, 3.8) is 0 Å². The van der Waals surface area contributed by atoms with Crippen LogP contribution >= 0.6 is 0 Å².